The molecule has 2 rings (SSSR count). The molecule has 2 atom stereocenters. The number of hydrogen-bond donors (Lipinski definition) is 2. The van der Waals surface area contributed by atoms with Crippen molar-refractivity contribution in [2.75, 3.05) is 0 Å². The average molecular weight is 323 g/mol. The number of hydrogen-bond acceptors (Lipinski definition) is 5. The Bertz CT molecular complexity index is 509. The van der Waals surface area contributed by atoms with Gasteiger partial charge in [0.1, 0.15) is 5.60 Å². The average Bonchev–Trinajstić information content (AvgIpc) is 2.71. The van der Waals surface area contributed by atoms with Crippen LogP contribution in [0.2, 0.25) is 0 Å². The molecule has 0 aliphatic heterocycles. The molecule has 1 aliphatic carbocycles. The van der Waals surface area contributed by atoms with Crippen LogP contribution in [0.25, 0.3) is 0 Å². The summed E-state index contributed by atoms with van der Waals surface area (Å²) in [4.78, 5) is 12.1. The fraction of sp³-hybridized carbons (Fsp3) is 0.812. The molecule has 1 fully saturated rings. The lowest BCUT2D eigenvalue weighted by molar-refractivity contribution is 0.0489. The lowest BCUT2D eigenvalue weighted by atomic mass is 10.0. The molecule has 7 heteroatoms. The first kappa shape index (κ1) is 17.7. The SMILES string of the molecule is Cn1nncc1CNC1CCCCCC1NC(=O)OC(C)(C)C. The molecule has 1 aliphatic rings. The van der Waals surface area contributed by atoms with E-state index in [9.17, 15) is 4.79 Å². The minimum Gasteiger partial charge on any atom is -0.444 e. The summed E-state index contributed by atoms with van der Waals surface area (Å²) in [5.41, 5.74) is 0.559. The van der Waals surface area contributed by atoms with Crippen LogP contribution in [-0.2, 0) is 18.3 Å². The van der Waals surface area contributed by atoms with Gasteiger partial charge in [0.2, 0.25) is 0 Å². The van der Waals surface area contributed by atoms with E-state index in [0.717, 1.165) is 25.0 Å². The van der Waals surface area contributed by atoms with Gasteiger partial charge in [-0.2, -0.15) is 0 Å². The van der Waals surface area contributed by atoms with Crippen LogP contribution >= 0.6 is 0 Å². The third kappa shape index (κ3) is 5.82. The van der Waals surface area contributed by atoms with Gasteiger partial charge in [-0.15, -0.1) is 5.10 Å². The van der Waals surface area contributed by atoms with Crippen molar-refractivity contribution in [3.8, 4) is 0 Å². The molecule has 0 aromatic carbocycles. The third-order valence-electron chi connectivity index (χ3n) is 4.07. The summed E-state index contributed by atoms with van der Waals surface area (Å²) in [5, 5.41) is 14.4. The van der Waals surface area contributed by atoms with Crippen molar-refractivity contribution in [1.29, 1.82) is 0 Å². The number of nitrogens with zero attached hydrogens (tertiary/aromatic N) is 3. The van der Waals surface area contributed by atoms with Gasteiger partial charge in [-0.25, -0.2) is 4.79 Å². The highest BCUT2D eigenvalue weighted by atomic mass is 16.6. The Hall–Kier alpha value is -1.63. The summed E-state index contributed by atoms with van der Waals surface area (Å²) in [6, 6.07) is 0.327. The van der Waals surface area contributed by atoms with Crippen LogP contribution in [0.3, 0.4) is 0 Å². The van der Waals surface area contributed by atoms with Crippen LogP contribution in [0.15, 0.2) is 6.20 Å². The van der Waals surface area contributed by atoms with E-state index in [4.69, 9.17) is 4.74 Å². The van der Waals surface area contributed by atoms with Crippen LogP contribution in [-0.4, -0.2) is 38.8 Å². The van der Waals surface area contributed by atoms with Crippen molar-refractivity contribution in [2.45, 2.75) is 77.1 Å². The third-order valence-corrected chi connectivity index (χ3v) is 4.07. The van der Waals surface area contributed by atoms with Crippen LogP contribution in [0.5, 0.6) is 0 Å². The quantitative estimate of drug-likeness (QED) is 0.830. The Balaban J connectivity index is 1.93. The molecule has 2 unspecified atom stereocenters. The number of ether oxygens (including phenoxy) is 1. The van der Waals surface area contributed by atoms with Crippen molar-refractivity contribution in [3.63, 3.8) is 0 Å². The molecule has 0 bridgehead atoms. The zero-order valence-corrected chi connectivity index (χ0v) is 14.6. The first-order valence-corrected chi connectivity index (χ1v) is 8.41. The lowest BCUT2D eigenvalue weighted by Gasteiger charge is -2.28. The van der Waals surface area contributed by atoms with E-state index in [0.29, 0.717) is 6.54 Å². The largest absolute Gasteiger partial charge is 0.444 e. The number of carbonyl (C=O) groups excluding carboxylic acids is 1. The van der Waals surface area contributed by atoms with Gasteiger partial charge in [0.15, 0.2) is 0 Å². The molecule has 0 radical (unpaired) electrons. The predicted molar refractivity (Wildman–Crippen MR) is 87.9 cm³/mol. The Morgan fingerprint density at radius 3 is 2.61 bits per heavy atom. The second-order valence-electron chi connectivity index (χ2n) is 7.23. The number of rotatable bonds is 4. The van der Waals surface area contributed by atoms with Gasteiger partial charge >= 0.3 is 6.09 Å². The number of carbonyl (C=O) groups is 1. The zero-order chi connectivity index (χ0) is 16.9. The Labute approximate surface area is 138 Å². The normalized spacial score (nSPS) is 22.4. The molecule has 130 valence electrons. The van der Waals surface area contributed by atoms with Crippen molar-refractivity contribution >= 4 is 6.09 Å². The maximum atomic E-state index is 12.1. The van der Waals surface area contributed by atoms with Crippen LogP contribution in [0.1, 0.15) is 58.6 Å². The van der Waals surface area contributed by atoms with Gasteiger partial charge < -0.3 is 15.4 Å². The molecule has 1 aromatic rings. The second-order valence-corrected chi connectivity index (χ2v) is 7.23. The Kier molecular flexibility index (Phi) is 5.98. The maximum Gasteiger partial charge on any atom is 0.407 e. The molecule has 2 N–H and O–H groups in total. The molecule has 1 aromatic heterocycles. The highest BCUT2D eigenvalue weighted by molar-refractivity contribution is 5.68. The van der Waals surface area contributed by atoms with Crippen molar-refractivity contribution < 1.29 is 9.53 Å². The zero-order valence-electron chi connectivity index (χ0n) is 14.6. The Morgan fingerprint density at radius 2 is 2.00 bits per heavy atom. The van der Waals surface area contributed by atoms with Crippen molar-refractivity contribution in [1.82, 2.24) is 25.6 Å². The molecule has 23 heavy (non-hydrogen) atoms. The molecule has 0 spiro atoms. The van der Waals surface area contributed by atoms with Crippen LogP contribution in [0, 0.1) is 0 Å². The maximum absolute atomic E-state index is 12.1. The number of alkyl carbamates (subject to hydrolysis) is 1. The van der Waals surface area contributed by atoms with Crippen molar-refractivity contribution in [2.24, 2.45) is 7.05 Å². The van der Waals surface area contributed by atoms with Gasteiger partial charge in [0.25, 0.3) is 0 Å². The number of aryl methyl sites for hydroxylation is 1. The molecule has 1 saturated carbocycles. The van der Waals surface area contributed by atoms with Gasteiger partial charge in [-0.05, 0) is 33.6 Å². The van der Waals surface area contributed by atoms with E-state index in [1.165, 1.54) is 12.8 Å². The standard InChI is InChI=1S/C16H29N5O2/c1-16(2,3)23-15(22)19-14-9-7-5-6-8-13(14)17-10-12-11-18-20-21(12)4/h11,13-14,17H,5-10H2,1-4H3,(H,19,22). The minimum absolute atomic E-state index is 0.0912. The molecule has 1 amide bonds. The molecule has 0 saturated heterocycles. The van der Waals surface area contributed by atoms with E-state index in [1.807, 2.05) is 27.8 Å². The molecule has 7 nitrogen and oxygen atoms in total. The first-order valence-electron chi connectivity index (χ1n) is 8.41. The summed E-state index contributed by atoms with van der Waals surface area (Å²) in [6.45, 7) is 6.33. The van der Waals surface area contributed by atoms with Crippen LogP contribution < -0.4 is 10.6 Å². The predicted octanol–water partition coefficient (Wildman–Crippen LogP) is 2.13. The van der Waals surface area contributed by atoms with Crippen molar-refractivity contribution in [3.05, 3.63) is 11.9 Å². The molecular weight excluding hydrogens is 294 g/mol. The summed E-state index contributed by atoms with van der Waals surface area (Å²) in [6.07, 6.45) is 6.96. The highest BCUT2D eigenvalue weighted by Gasteiger charge is 2.27. The fourth-order valence-corrected chi connectivity index (χ4v) is 2.89. The first-order chi connectivity index (χ1) is 10.8. The summed E-state index contributed by atoms with van der Waals surface area (Å²) in [7, 11) is 1.88. The van der Waals surface area contributed by atoms with Gasteiger partial charge in [-0.3, -0.25) is 4.68 Å². The lowest BCUT2D eigenvalue weighted by Crippen LogP contribution is -2.50. The van der Waals surface area contributed by atoms with E-state index >= 15 is 0 Å². The van der Waals surface area contributed by atoms with E-state index in [-0.39, 0.29) is 18.2 Å². The van der Waals surface area contributed by atoms with E-state index in [1.54, 1.807) is 10.9 Å². The Morgan fingerprint density at radius 1 is 1.30 bits per heavy atom. The minimum atomic E-state index is -0.474. The number of aromatic nitrogens is 3. The van der Waals surface area contributed by atoms with Gasteiger partial charge in [0, 0.05) is 25.7 Å². The number of amides is 1. The summed E-state index contributed by atoms with van der Waals surface area (Å²) >= 11 is 0. The van der Waals surface area contributed by atoms with Crippen LogP contribution in [0.4, 0.5) is 4.79 Å². The highest BCUT2D eigenvalue weighted by Crippen LogP contribution is 2.19. The van der Waals surface area contributed by atoms with Gasteiger partial charge in [-0.1, -0.05) is 24.5 Å². The monoisotopic (exact) mass is 323 g/mol. The summed E-state index contributed by atoms with van der Waals surface area (Å²) in [5.74, 6) is 0. The number of nitrogens with one attached hydrogen (secondary N) is 2. The summed E-state index contributed by atoms with van der Waals surface area (Å²) < 4.78 is 7.16. The van der Waals surface area contributed by atoms with E-state index in [2.05, 4.69) is 20.9 Å². The topological polar surface area (TPSA) is 81.1 Å². The fourth-order valence-electron chi connectivity index (χ4n) is 2.89. The van der Waals surface area contributed by atoms with E-state index < -0.39 is 5.60 Å². The molecular formula is C16H29N5O2. The smallest absolute Gasteiger partial charge is 0.407 e. The molecule has 1 heterocycles. The second kappa shape index (κ2) is 7.77. The van der Waals surface area contributed by atoms with Gasteiger partial charge in [0.05, 0.1) is 11.9 Å².